The van der Waals surface area contributed by atoms with Crippen LogP contribution in [0.1, 0.15) is 11.8 Å². The highest BCUT2D eigenvalue weighted by Gasteiger charge is 2.17. The van der Waals surface area contributed by atoms with Gasteiger partial charge in [0.2, 0.25) is 0 Å². The van der Waals surface area contributed by atoms with Crippen molar-refractivity contribution in [1.82, 2.24) is 14.7 Å². The summed E-state index contributed by atoms with van der Waals surface area (Å²) < 4.78 is 6.62. The first-order chi connectivity index (χ1) is 7.56. The zero-order chi connectivity index (χ0) is 12.1. The van der Waals surface area contributed by atoms with E-state index >= 15 is 0 Å². The van der Waals surface area contributed by atoms with Crippen LogP contribution in [0.5, 0.6) is 0 Å². The van der Waals surface area contributed by atoms with Gasteiger partial charge in [-0.2, -0.15) is 5.10 Å². The number of likely N-dealkylation sites (N-methyl/N-ethyl adjacent to an activating group) is 1. The summed E-state index contributed by atoms with van der Waals surface area (Å²) in [7, 11) is 5.50. The number of aliphatic hydroxyl groups is 1. The van der Waals surface area contributed by atoms with Crippen LogP contribution in [0.2, 0.25) is 5.02 Å². The van der Waals surface area contributed by atoms with Gasteiger partial charge in [0.05, 0.1) is 30.1 Å². The number of rotatable bonds is 6. The number of hydrogen-bond acceptors (Lipinski definition) is 4. The highest BCUT2D eigenvalue weighted by atomic mass is 35.5. The number of nitrogens with zero attached hydrogens (tertiary/aromatic N) is 3. The van der Waals surface area contributed by atoms with E-state index < -0.39 is 6.10 Å². The Labute approximate surface area is 101 Å². The van der Waals surface area contributed by atoms with Crippen molar-refractivity contribution in [3.63, 3.8) is 0 Å². The van der Waals surface area contributed by atoms with Gasteiger partial charge in [-0.05, 0) is 14.1 Å². The van der Waals surface area contributed by atoms with Crippen molar-refractivity contribution >= 4 is 11.6 Å². The molecule has 0 saturated carbocycles. The Morgan fingerprint density at radius 2 is 2.31 bits per heavy atom. The van der Waals surface area contributed by atoms with Crippen molar-refractivity contribution in [2.75, 3.05) is 34.4 Å². The van der Waals surface area contributed by atoms with Crippen molar-refractivity contribution < 1.29 is 9.84 Å². The fourth-order valence-corrected chi connectivity index (χ4v) is 1.68. The second-order valence-electron chi connectivity index (χ2n) is 3.88. The highest BCUT2D eigenvalue weighted by Crippen LogP contribution is 2.22. The summed E-state index contributed by atoms with van der Waals surface area (Å²) in [5.74, 6) is 0. The molecule has 6 heteroatoms. The number of aliphatic hydroxyl groups excluding tert-OH is 1. The molecule has 1 N–H and O–H groups in total. The maximum atomic E-state index is 9.85. The topological polar surface area (TPSA) is 50.5 Å². The molecule has 5 nitrogen and oxygen atoms in total. The Morgan fingerprint density at radius 1 is 1.62 bits per heavy atom. The van der Waals surface area contributed by atoms with Gasteiger partial charge in [-0.1, -0.05) is 11.6 Å². The minimum atomic E-state index is -0.734. The van der Waals surface area contributed by atoms with Crippen LogP contribution >= 0.6 is 11.6 Å². The number of methoxy groups -OCH3 is 1. The number of hydrogen-bond donors (Lipinski definition) is 1. The van der Waals surface area contributed by atoms with Crippen LogP contribution in [0.25, 0.3) is 0 Å². The van der Waals surface area contributed by atoms with Crippen LogP contribution in [0.3, 0.4) is 0 Å². The van der Waals surface area contributed by atoms with Crippen molar-refractivity contribution in [2.45, 2.75) is 12.6 Å². The van der Waals surface area contributed by atoms with Gasteiger partial charge in [0.15, 0.2) is 0 Å². The Hall–Kier alpha value is -0.620. The van der Waals surface area contributed by atoms with Crippen LogP contribution in [0.4, 0.5) is 0 Å². The minimum Gasteiger partial charge on any atom is -0.384 e. The third-order valence-corrected chi connectivity index (χ3v) is 2.52. The average Bonchev–Trinajstić information content (AvgIpc) is 2.57. The Morgan fingerprint density at radius 3 is 2.88 bits per heavy atom. The van der Waals surface area contributed by atoms with Gasteiger partial charge in [0.1, 0.15) is 6.10 Å². The Kier molecular flexibility index (Phi) is 5.21. The van der Waals surface area contributed by atoms with E-state index in [4.69, 9.17) is 16.3 Å². The standard InChI is InChI=1S/C10H18ClN3O2/c1-13(2)4-5-14-10(8(11)6-12-14)9(15)7-16-3/h6,9,15H,4-5,7H2,1-3H3. The molecule has 1 unspecified atom stereocenters. The number of ether oxygens (including phenoxy) is 1. The highest BCUT2D eigenvalue weighted by molar-refractivity contribution is 6.31. The summed E-state index contributed by atoms with van der Waals surface area (Å²) in [5.41, 5.74) is 0.616. The van der Waals surface area contributed by atoms with Gasteiger partial charge in [0, 0.05) is 13.7 Å². The van der Waals surface area contributed by atoms with Gasteiger partial charge >= 0.3 is 0 Å². The lowest BCUT2D eigenvalue weighted by atomic mass is 10.2. The second-order valence-corrected chi connectivity index (χ2v) is 4.28. The second kappa shape index (κ2) is 6.20. The van der Waals surface area contributed by atoms with E-state index in [1.54, 1.807) is 10.9 Å². The average molecular weight is 248 g/mol. The maximum absolute atomic E-state index is 9.85. The van der Waals surface area contributed by atoms with E-state index in [2.05, 4.69) is 5.10 Å². The van der Waals surface area contributed by atoms with Gasteiger partial charge < -0.3 is 14.7 Å². The van der Waals surface area contributed by atoms with Gasteiger partial charge in [-0.15, -0.1) is 0 Å². The summed E-state index contributed by atoms with van der Waals surface area (Å²) >= 11 is 5.98. The lowest BCUT2D eigenvalue weighted by Gasteiger charge is -2.15. The van der Waals surface area contributed by atoms with E-state index in [0.29, 0.717) is 17.3 Å². The monoisotopic (exact) mass is 247 g/mol. The van der Waals surface area contributed by atoms with E-state index in [1.165, 1.54) is 7.11 Å². The van der Waals surface area contributed by atoms with Crippen LogP contribution in [0.15, 0.2) is 6.20 Å². The molecule has 0 aliphatic heterocycles. The Balaban J connectivity index is 2.76. The largest absolute Gasteiger partial charge is 0.384 e. The molecule has 0 fully saturated rings. The first kappa shape index (κ1) is 13.4. The number of halogens is 1. The number of aromatic nitrogens is 2. The molecule has 0 radical (unpaired) electrons. The Bertz CT molecular complexity index is 328. The SMILES string of the molecule is COCC(O)c1c(Cl)cnn1CCN(C)C. The van der Waals surface area contributed by atoms with Crippen LogP contribution in [0, 0.1) is 0 Å². The van der Waals surface area contributed by atoms with E-state index in [9.17, 15) is 5.11 Å². The summed E-state index contributed by atoms with van der Waals surface area (Å²) in [6.07, 6.45) is 0.813. The van der Waals surface area contributed by atoms with Crippen LogP contribution < -0.4 is 0 Å². The molecule has 92 valence electrons. The van der Waals surface area contributed by atoms with E-state index in [0.717, 1.165) is 6.54 Å². The van der Waals surface area contributed by atoms with Gasteiger partial charge in [-0.3, -0.25) is 4.68 Å². The predicted molar refractivity (Wildman–Crippen MR) is 62.6 cm³/mol. The van der Waals surface area contributed by atoms with Crippen LogP contribution in [-0.2, 0) is 11.3 Å². The molecule has 0 saturated heterocycles. The first-order valence-corrected chi connectivity index (χ1v) is 5.47. The molecule has 0 spiro atoms. The molecule has 1 rings (SSSR count). The van der Waals surface area contributed by atoms with Crippen molar-refractivity contribution in [1.29, 1.82) is 0 Å². The fourth-order valence-electron chi connectivity index (χ4n) is 1.41. The third-order valence-electron chi connectivity index (χ3n) is 2.23. The van der Waals surface area contributed by atoms with Crippen molar-refractivity contribution in [3.05, 3.63) is 16.9 Å². The summed E-state index contributed by atoms with van der Waals surface area (Å²) in [5, 5.41) is 14.5. The summed E-state index contributed by atoms with van der Waals surface area (Å²) in [4.78, 5) is 2.04. The predicted octanol–water partition coefficient (Wildman–Crippen LogP) is 0.778. The lowest BCUT2D eigenvalue weighted by Crippen LogP contribution is -2.22. The van der Waals surface area contributed by atoms with E-state index in [-0.39, 0.29) is 6.61 Å². The third kappa shape index (κ3) is 3.45. The maximum Gasteiger partial charge on any atom is 0.120 e. The van der Waals surface area contributed by atoms with Gasteiger partial charge in [0.25, 0.3) is 0 Å². The zero-order valence-electron chi connectivity index (χ0n) is 9.85. The van der Waals surface area contributed by atoms with Crippen molar-refractivity contribution in [3.8, 4) is 0 Å². The molecule has 0 aliphatic rings. The van der Waals surface area contributed by atoms with Gasteiger partial charge in [-0.25, -0.2) is 0 Å². The quantitative estimate of drug-likeness (QED) is 0.807. The minimum absolute atomic E-state index is 0.216. The molecule has 0 bridgehead atoms. The molecule has 1 aromatic rings. The molecule has 0 aliphatic carbocycles. The summed E-state index contributed by atoms with van der Waals surface area (Å²) in [6, 6.07) is 0. The molecular formula is C10H18ClN3O2. The molecule has 16 heavy (non-hydrogen) atoms. The first-order valence-electron chi connectivity index (χ1n) is 5.09. The van der Waals surface area contributed by atoms with E-state index in [1.807, 2.05) is 19.0 Å². The normalized spacial score (nSPS) is 13.4. The zero-order valence-corrected chi connectivity index (χ0v) is 10.6. The molecule has 1 atom stereocenters. The molecule has 0 amide bonds. The van der Waals surface area contributed by atoms with Crippen molar-refractivity contribution in [2.24, 2.45) is 0 Å². The molecule has 1 heterocycles. The molecular weight excluding hydrogens is 230 g/mol. The molecule has 0 aromatic carbocycles. The fraction of sp³-hybridized carbons (Fsp3) is 0.700. The lowest BCUT2D eigenvalue weighted by molar-refractivity contribution is 0.0583. The van der Waals surface area contributed by atoms with Crippen LogP contribution in [-0.4, -0.2) is 54.1 Å². The smallest absolute Gasteiger partial charge is 0.120 e. The molecule has 1 aromatic heterocycles. The summed E-state index contributed by atoms with van der Waals surface area (Å²) in [6.45, 7) is 1.74.